The fourth-order valence-electron chi connectivity index (χ4n) is 1.83. The Labute approximate surface area is 85.8 Å². The van der Waals surface area contributed by atoms with E-state index in [1.54, 1.807) is 0 Å². The quantitative estimate of drug-likeness (QED) is 0.546. The Bertz CT molecular complexity index is 240. The van der Waals surface area contributed by atoms with E-state index in [1.807, 2.05) is 0 Å². The summed E-state index contributed by atoms with van der Waals surface area (Å²) >= 11 is 0. The standard InChI is InChI=1S/C10H20NO2P/c11-7-4-8-14(12,13)9-10-5-2-1-3-6-10/h2,5,10H,1,3-4,6-9,11H2,(H,12,13)/t10-/m0/s1. The molecule has 0 radical (unpaired) electrons. The maximum Gasteiger partial charge on any atom is 0.201 e. The Morgan fingerprint density at radius 1 is 1.57 bits per heavy atom. The zero-order chi connectivity index (χ0) is 10.4. The fourth-order valence-corrected chi connectivity index (χ4v) is 3.73. The number of hydrogen-bond donors (Lipinski definition) is 2. The van der Waals surface area contributed by atoms with Crippen molar-refractivity contribution < 1.29 is 9.46 Å². The van der Waals surface area contributed by atoms with Gasteiger partial charge in [-0.1, -0.05) is 12.2 Å². The highest BCUT2D eigenvalue weighted by Crippen LogP contribution is 2.44. The molecule has 0 aromatic rings. The van der Waals surface area contributed by atoms with Gasteiger partial charge in [0, 0.05) is 12.3 Å². The van der Waals surface area contributed by atoms with E-state index < -0.39 is 7.37 Å². The Kier molecular flexibility index (Phi) is 4.86. The number of nitrogens with two attached hydrogens (primary N) is 1. The summed E-state index contributed by atoms with van der Waals surface area (Å²) in [6.45, 7) is 0.505. The highest BCUT2D eigenvalue weighted by Gasteiger charge is 2.22. The van der Waals surface area contributed by atoms with Crippen LogP contribution in [0.3, 0.4) is 0 Å². The minimum absolute atomic E-state index is 0.317. The van der Waals surface area contributed by atoms with Crippen LogP contribution in [0, 0.1) is 5.92 Å². The summed E-state index contributed by atoms with van der Waals surface area (Å²) in [5, 5.41) is 0. The minimum Gasteiger partial charge on any atom is -0.344 e. The Balaban J connectivity index is 2.37. The molecule has 3 nitrogen and oxygen atoms in total. The van der Waals surface area contributed by atoms with Crippen LogP contribution >= 0.6 is 7.37 Å². The van der Waals surface area contributed by atoms with Crippen molar-refractivity contribution in [2.75, 3.05) is 18.9 Å². The van der Waals surface area contributed by atoms with Gasteiger partial charge in [0.15, 0.2) is 0 Å². The fraction of sp³-hybridized carbons (Fsp3) is 0.800. The van der Waals surface area contributed by atoms with Crippen LogP contribution in [-0.2, 0) is 4.57 Å². The molecule has 1 unspecified atom stereocenters. The van der Waals surface area contributed by atoms with Crippen LogP contribution in [0.4, 0.5) is 0 Å². The third-order valence-electron chi connectivity index (χ3n) is 2.59. The van der Waals surface area contributed by atoms with E-state index in [0.717, 1.165) is 19.3 Å². The van der Waals surface area contributed by atoms with Gasteiger partial charge in [-0.3, -0.25) is 4.57 Å². The highest BCUT2D eigenvalue weighted by atomic mass is 31.2. The Morgan fingerprint density at radius 3 is 2.93 bits per heavy atom. The molecule has 1 aliphatic carbocycles. The maximum atomic E-state index is 11.7. The zero-order valence-corrected chi connectivity index (χ0v) is 9.46. The largest absolute Gasteiger partial charge is 0.344 e. The van der Waals surface area contributed by atoms with Crippen molar-refractivity contribution in [1.82, 2.24) is 0 Å². The van der Waals surface area contributed by atoms with Crippen molar-refractivity contribution in [1.29, 1.82) is 0 Å². The van der Waals surface area contributed by atoms with Crippen molar-refractivity contribution in [3.8, 4) is 0 Å². The van der Waals surface area contributed by atoms with Gasteiger partial charge in [-0.05, 0) is 38.1 Å². The lowest BCUT2D eigenvalue weighted by Gasteiger charge is -2.19. The predicted octanol–water partition coefficient (Wildman–Crippen LogP) is 1.96. The van der Waals surface area contributed by atoms with Gasteiger partial charge in [0.1, 0.15) is 0 Å². The summed E-state index contributed by atoms with van der Waals surface area (Å²) in [6.07, 6.45) is 9.03. The second kappa shape index (κ2) is 5.69. The Morgan fingerprint density at radius 2 is 2.36 bits per heavy atom. The van der Waals surface area contributed by atoms with Crippen molar-refractivity contribution in [3.05, 3.63) is 12.2 Å². The average molecular weight is 217 g/mol. The van der Waals surface area contributed by atoms with E-state index >= 15 is 0 Å². The lowest BCUT2D eigenvalue weighted by atomic mass is 9.98. The van der Waals surface area contributed by atoms with E-state index in [1.165, 1.54) is 0 Å². The average Bonchev–Trinajstić information content (AvgIpc) is 2.16. The van der Waals surface area contributed by atoms with Gasteiger partial charge >= 0.3 is 0 Å². The van der Waals surface area contributed by atoms with Gasteiger partial charge < -0.3 is 10.6 Å². The summed E-state index contributed by atoms with van der Waals surface area (Å²) in [5.74, 6) is 0.317. The first kappa shape index (κ1) is 12.0. The molecule has 3 N–H and O–H groups in total. The number of rotatable bonds is 5. The minimum atomic E-state index is -2.91. The maximum absolute atomic E-state index is 11.7. The van der Waals surface area contributed by atoms with Gasteiger partial charge in [-0.25, -0.2) is 0 Å². The van der Waals surface area contributed by atoms with Crippen LogP contribution in [0.15, 0.2) is 12.2 Å². The van der Waals surface area contributed by atoms with E-state index in [0.29, 0.717) is 31.2 Å². The molecule has 1 rings (SSSR count). The van der Waals surface area contributed by atoms with Crippen molar-refractivity contribution in [3.63, 3.8) is 0 Å². The predicted molar refractivity (Wildman–Crippen MR) is 59.7 cm³/mol. The first-order valence-corrected chi connectivity index (χ1v) is 7.34. The van der Waals surface area contributed by atoms with Gasteiger partial charge in [0.05, 0.1) is 0 Å². The first-order chi connectivity index (χ1) is 6.64. The molecule has 0 aliphatic heterocycles. The molecule has 0 amide bonds. The summed E-state index contributed by atoms with van der Waals surface area (Å²) in [5.41, 5.74) is 5.32. The molecule has 0 fully saturated rings. The van der Waals surface area contributed by atoms with E-state index in [4.69, 9.17) is 5.73 Å². The molecule has 1 aliphatic rings. The second-order valence-corrected chi connectivity index (χ2v) is 6.52. The molecule has 0 aromatic carbocycles. The van der Waals surface area contributed by atoms with Crippen molar-refractivity contribution >= 4 is 7.37 Å². The molecule has 2 atom stereocenters. The van der Waals surface area contributed by atoms with Crippen LogP contribution in [0.1, 0.15) is 25.7 Å². The number of hydrogen-bond acceptors (Lipinski definition) is 2. The molecule has 0 aromatic heterocycles. The molecule has 0 saturated carbocycles. The lowest BCUT2D eigenvalue weighted by Crippen LogP contribution is -2.10. The third kappa shape index (κ3) is 4.41. The number of allylic oxidation sites excluding steroid dienone is 2. The van der Waals surface area contributed by atoms with Gasteiger partial charge in [-0.15, -0.1) is 0 Å². The van der Waals surface area contributed by atoms with Crippen LogP contribution in [0.5, 0.6) is 0 Å². The normalized spacial score (nSPS) is 26.0. The highest BCUT2D eigenvalue weighted by molar-refractivity contribution is 7.58. The second-order valence-electron chi connectivity index (χ2n) is 4.01. The molecule has 14 heavy (non-hydrogen) atoms. The van der Waals surface area contributed by atoms with Gasteiger partial charge in [-0.2, -0.15) is 0 Å². The lowest BCUT2D eigenvalue weighted by molar-refractivity contribution is 0.460. The summed E-state index contributed by atoms with van der Waals surface area (Å²) in [4.78, 5) is 9.66. The van der Waals surface area contributed by atoms with Gasteiger partial charge in [0.25, 0.3) is 0 Å². The van der Waals surface area contributed by atoms with E-state index in [2.05, 4.69) is 12.2 Å². The summed E-state index contributed by atoms with van der Waals surface area (Å²) in [6, 6.07) is 0. The molecule has 0 spiro atoms. The van der Waals surface area contributed by atoms with Crippen LogP contribution in [0.25, 0.3) is 0 Å². The molecule has 0 bridgehead atoms. The van der Waals surface area contributed by atoms with Crippen LogP contribution < -0.4 is 5.73 Å². The molecule has 82 valence electrons. The summed E-state index contributed by atoms with van der Waals surface area (Å²) < 4.78 is 11.7. The summed E-state index contributed by atoms with van der Waals surface area (Å²) in [7, 11) is -2.91. The molecular formula is C10H20NO2P. The van der Waals surface area contributed by atoms with Crippen molar-refractivity contribution in [2.24, 2.45) is 11.7 Å². The zero-order valence-electron chi connectivity index (χ0n) is 8.56. The van der Waals surface area contributed by atoms with E-state index in [-0.39, 0.29) is 0 Å². The van der Waals surface area contributed by atoms with E-state index in [9.17, 15) is 9.46 Å². The first-order valence-electron chi connectivity index (χ1n) is 5.31. The third-order valence-corrected chi connectivity index (χ3v) is 4.64. The van der Waals surface area contributed by atoms with Crippen molar-refractivity contribution in [2.45, 2.75) is 25.7 Å². The molecule has 4 heteroatoms. The Hall–Kier alpha value is -0.110. The van der Waals surface area contributed by atoms with Gasteiger partial charge in [0.2, 0.25) is 7.37 Å². The molecule has 0 heterocycles. The molecular weight excluding hydrogens is 197 g/mol. The SMILES string of the molecule is NCCCP(=O)(O)C[C@H]1C=CCCC1. The van der Waals surface area contributed by atoms with Crippen LogP contribution in [-0.4, -0.2) is 23.8 Å². The smallest absolute Gasteiger partial charge is 0.201 e. The monoisotopic (exact) mass is 217 g/mol. The topological polar surface area (TPSA) is 63.3 Å². The molecule has 0 saturated heterocycles. The van der Waals surface area contributed by atoms with Crippen LogP contribution in [0.2, 0.25) is 0 Å².